The lowest BCUT2D eigenvalue weighted by atomic mass is 10.1. The number of aryl methyl sites for hydroxylation is 1. The number of benzene rings is 1. The summed E-state index contributed by atoms with van der Waals surface area (Å²) in [7, 11) is 1.79. The minimum Gasteiger partial charge on any atom is -0.396 e. The molecule has 18 heavy (non-hydrogen) atoms. The number of rotatable bonds is 3. The van der Waals surface area contributed by atoms with Gasteiger partial charge in [0.2, 0.25) is 0 Å². The second-order valence-electron chi connectivity index (χ2n) is 4.16. The standard InChI is InChI=1S/C13H14ClFN2O/c1-8-7-9(3-4-10(8)15)12-13(14)17(2)11(16-12)5-6-18/h3-4,7,18H,5-6H2,1-2H3. The van der Waals surface area contributed by atoms with Crippen LogP contribution < -0.4 is 0 Å². The molecule has 96 valence electrons. The van der Waals surface area contributed by atoms with E-state index < -0.39 is 0 Å². The first kappa shape index (κ1) is 13.1. The summed E-state index contributed by atoms with van der Waals surface area (Å²) in [6.45, 7) is 1.72. The molecule has 0 fully saturated rings. The minimum atomic E-state index is -0.249. The number of imidazole rings is 1. The van der Waals surface area contributed by atoms with Gasteiger partial charge in [0.1, 0.15) is 22.5 Å². The molecule has 0 aliphatic rings. The Bertz CT molecular complexity index is 581. The van der Waals surface area contributed by atoms with Gasteiger partial charge in [0, 0.05) is 19.0 Å². The SMILES string of the molecule is Cc1cc(-c2nc(CCO)n(C)c2Cl)ccc1F. The van der Waals surface area contributed by atoms with Gasteiger partial charge in [-0.1, -0.05) is 11.6 Å². The van der Waals surface area contributed by atoms with Crippen LogP contribution in [0, 0.1) is 12.7 Å². The fraction of sp³-hybridized carbons (Fsp3) is 0.308. The third-order valence-corrected chi connectivity index (χ3v) is 3.32. The fourth-order valence-electron chi connectivity index (χ4n) is 1.82. The number of nitrogens with zero attached hydrogens (tertiary/aromatic N) is 2. The van der Waals surface area contributed by atoms with Gasteiger partial charge in [0.25, 0.3) is 0 Å². The summed E-state index contributed by atoms with van der Waals surface area (Å²) < 4.78 is 15.0. The first-order chi connectivity index (χ1) is 8.54. The Kier molecular flexibility index (Phi) is 3.68. The van der Waals surface area contributed by atoms with Crippen LogP contribution in [-0.4, -0.2) is 21.3 Å². The summed E-state index contributed by atoms with van der Waals surface area (Å²) >= 11 is 6.20. The van der Waals surface area contributed by atoms with Gasteiger partial charge in [-0.3, -0.25) is 0 Å². The monoisotopic (exact) mass is 268 g/mol. The van der Waals surface area contributed by atoms with Gasteiger partial charge in [0.05, 0.1) is 6.61 Å². The predicted octanol–water partition coefficient (Wildman–Crippen LogP) is 2.72. The van der Waals surface area contributed by atoms with Crippen molar-refractivity contribution in [1.82, 2.24) is 9.55 Å². The molecule has 0 aliphatic heterocycles. The van der Waals surface area contributed by atoms with Gasteiger partial charge in [-0.15, -0.1) is 0 Å². The van der Waals surface area contributed by atoms with Gasteiger partial charge in [-0.2, -0.15) is 0 Å². The molecule has 3 nitrogen and oxygen atoms in total. The Morgan fingerprint density at radius 1 is 1.44 bits per heavy atom. The lowest BCUT2D eigenvalue weighted by molar-refractivity contribution is 0.295. The van der Waals surface area contributed by atoms with Crippen LogP contribution in [0.3, 0.4) is 0 Å². The average Bonchev–Trinajstić information content (AvgIpc) is 2.62. The molecule has 0 saturated heterocycles. The van der Waals surface area contributed by atoms with Crippen molar-refractivity contribution in [3.63, 3.8) is 0 Å². The molecule has 2 aromatic rings. The first-order valence-electron chi connectivity index (χ1n) is 5.63. The smallest absolute Gasteiger partial charge is 0.136 e. The van der Waals surface area contributed by atoms with Crippen LogP contribution in [0.1, 0.15) is 11.4 Å². The third kappa shape index (κ3) is 2.26. The molecule has 5 heteroatoms. The lowest BCUT2D eigenvalue weighted by Crippen LogP contribution is -2.00. The van der Waals surface area contributed by atoms with E-state index in [0.29, 0.717) is 28.7 Å². The van der Waals surface area contributed by atoms with E-state index in [2.05, 4.69) is 4.98 Å². The lowest BCUT2D eigenvalue weighted by Gasteiger charge is -2.01. The van der Waals surface area contributed by atoms with E-state index in [1.165, 1.54) is 6.07 Å². The summed E-state index contributed by atoms with van der Waals surface area (Å²) in [5.41, 5.74) is 1.95. The normalized spacial score (nSPS) is 10.9. The van der Waals surface area contributed by atoms with Crippen LogP contribution >= 0.6 is 11.6 Å². The van der Waals surface area contributed by atoms with Crippen molar-refractivity contribution in [3.05, 3.63) is 40.6 Å². The van der Waals surface area contributed by atoms with Crippen molar-refractivity contribution in [2.45, 2.75) is 13.3 Å². The van der Waals surface area contributed by atoms with E-state index >= 15 is 0 Å². The summed E-state index contributed by atoms with van der Waals surface area (Å²) in [5, 5.41) is 9.44. The van der Waals surface area contributed by atoms with E-state index in [0.717, 1.165) is 5.56 Å². The number of aromatic nitrogens is 2. The van der Waals surface area contributed by atoms with Gasteiger partial charge >= 0.3 is 0 Å². The molecule has 0 spiro atoms. The molecule has 0 amide bonds. The van der Waals surface area contributed by atoms with Crippen molar-refractivity contribution in [3.8, 4) is 11.3 Å². The summed E-state index contributed by atoms with van der Waals surface area (Å²) in [5.74, 6) is 0.459. The molecule has 0 aliphatic carbocycles. The molecular weight excluding hydrogens is 255 g/mol. The van der Waals surface area contributed by atoms with Crippen LogP contribution in [0.25, 0.3) is 11.3 Å². The number of aliphatic hydroxyl groups is 1. The molecule has 0 atom stereocenters. The Morgan fingerprint density at radius 2 is 2.17 bits per heavy atom. The van der Waals surface area contributed by atoms with Gasteiger partial charge in [0.15, 0.2) is 0 Å². The molecule has 1 heterocycles. The Hall–Kier alpha value is -1.39. The van der Waals surface area contributed by atoms with Gasteiger partial charge in [-0.25, -0.2) is 9.37 Å². The number of hydrogen-bond donors (Lipinski definition) is 1. The molecule has 0 radical (unpaired) electrons. The Balaban J connectivity index is 2.50. The molecule has 0 bridgehead atoms. The fourth-order valence-corrected chi connectivity index (χ4v) is 2.07. The van der Waals surface area contributed by atoms with Crippen LogP contribution in [0.5, 0.6) is 0 Å². The highest BCUT2D eigenvalue weighted by Crippen LogP contribution is 2.28. The molecule has 1 aromatic heterocycles. The van der Waals surface area contributed by atoms with Crippen LogP contribution in [0.15, 0.2) is 18.2 Å². The topological polar surface area (TPSA) is 38.1 Å². The van der Waals surface area contributed by atoms with Gasteiger partial charge < -0.3 is 9.67 Å². The zero-order valence-electron chi connectivity index (χ0n) is 10.2. The Morgan fingerprint density at radius 3 is 2.78 bits per heavy atom. The zero-order valence-corrected chi connectivity index (χ0v) is 11.0. The largest absolute Gasteiger partial charge is 0.396 e. The second kappa shape index (κ2) is 5.08. The summed E-state index contributed by atoms with van der Waals surface area (Å²) in [4.78, 5) is 4.39. The van der Waals surface area contributed by atoms with Crippen molar-refractivity contribution in [2.24, 2.45) is 7.05 Å². The zero-order chi connectivity index (χ0) is 13.3. The quantitative estimate of drug-likeness (QED) is 0.929. The highest BCUT2D eigenvalue weighted by molar-refractivity contribution is 6.32. The van der Waals surface area contributed by atoms with Crippen molar-refractivity contribution < 1.29 is 9.50 Å². The average molecular weight is 269 g/mol. The maximum absolute atomic E-state index is 13.2. The summed E-state index contributed by atoms with van der Waals surface area (Å²) in [6.07, 6.45) is 0.441. The maximum atomic E-state index is 13.2. The first-order valence-corrected chi connectivity index (χ1v) is 6.01. The molecule has 0 unspecified atom stereocenters. The molecule has 0 saturated carbocycles. The predicted molar refractivity (Wildman–Crippen MR) is 69.1 cm³/mol. The van der Waals surface area contributed by atoms with Crippen molar-refractivity contribution in [2.75, 3.05) is 6.61 Å². The van der Waals surface area contributed by atoms with Crippen LogP contribution in [-0.2, 0) is 13.5 Å². The highest BCUT2D eigenvalue weighted by Gasteiger charge is 2.14. The second-order valence-corrected chi connectivity index (χ2v) is 4.52. The van der Waals surface area contributed by atoms with E-state index in [9.17, 15) is 4.39 Å². The number of hydrogen-bond acceptors (Lipinski definition) is 2. The third-order valence-electron chi connectivity index (χ3n) is 2.88. The van der Waals surface area contributed by atoms with Crippen molar-refractivity contribution >= 4 is 11.6 Å². The van der Waals surface area contributed by atoms with Crippen molar-refractivity contribution in [1.29, 1.82) is 0 Å². The van der Waals surface area contributed by atoms with Crippen LogP contribution in [0.2, 0.25) is 5.15 Å². The molecular formula is C13H14ClFN2O. The molecule has 2 rings (SSSR count). The van der Waals surface area contributed by atoms with Crippen LogP contribution in [0.4, 0.5) is 4.39 Å². The van der Waals surface area contributed by atoms with E-state index in [1.807, 2.05) is 0 Å². The highest BCUT2D eigenvalue weighted by atomic mass is 35.5. The Labute approximate surface area is 110 Å². The van der Waals surface area contributed by atoms with E-state index in [1.54, 1.807) is 30.7 Å². The summed E-state index contributed by atoms with van der Waals surface area (Å²) in [6, 6.07) is 4.77. The van der Waals surface area contributed by atoms with Gasteiger partial charge in [-0.05, 0) is 30.7 Å². The molecule has 1 N–H and O–H groups in total. The maximum Gasteiger partial charge on any atom is 0.136 e. The number of halogens is 2. The number of aliphatic hydroxyl groups excluding tert-OH is 1. The molecule has 1 aromatic carbocycles. The van der Waals surface area contributed by atoms with E-state index in [-0.39, 0.29) is 12.4 Å². The minimum absolute atomic E-state index is 0.0169. The van der Waals surface area contributed by atoms with E-state index in [4.69, 9.17) is 16.7 Å².